The molecule has 0 spiro atoms. The van der Waals surface area contributed by atoms with Gasteiger partial charge in [0.1, 0.15) is 5.65 Å². The van der Waals surface area contributed by atoms with Crippen molar-refractivity contribution in [2.24, 2.45) is 5.73 Å². The number of carboxylic acid groups (broad SMARTS) is 1. The second-order valence-corrected chi connectivity index (χ2v) is 3.76. The molecule has 2 amide bonds. The number of imidazole rings is 1. The highest BCUT2D eigenvalue weighted by Gasteiger charge is 2.17. The van der Waals surface area contributed by atoms with E-state index in [9.17, 15) is 14.7 Å². The third-order valence-electron chi connectivity index (χ3n) is 2.45. The molecule has 5 N–H and O–H groups in total. The first kappa shape index (κ1) is 12.7. The van der Waals surface area contributed by atoms with Crippen LogP contribution in [0.3, 0.4) is 0 Å². The number of nitrogens with two attached hydrogens (primary N) is 1. The molecule has 8 heteroatoms. The molecule has 0 aliphatic carbocycles. The van der Waals surface area contributed by atoms with Gasteiger partial charge in [-0.1, -0.05) is 6.07 Å². The van der Waals surface area contributed by atoms with Crippen molar-refractivity contribution in [3.63, 3.8) is 0 Å². The van der Waals surface area contributed by atoms with Crippen molar-refractivity contribution in [3.8, 4) is 0 Å². The predicted octanol–water partition coefficient (Wildman–Crippen LogP) is 0.113. The van der Waals surface area contributed by atoms with E-state index in [0.717, 1.165) is 0 Å². The monoisotopic (exact) mass is 263 g/mol. The van der Waals surface area contributed by atoms with Crippen molar-refractivity contribution in [3.05, 3.63) is 30.1 Å². The summed E-state index contributed by atoms with van der Waals surface area (Å²) in [4.78, 5) is 25.9. The van der Waals surface area contributed by atoms with Crippen molar-refractivity contribution in [2.75, 3.05) is 18.4 Å². The Balaban J connectivity index is 2.20. The molecule has 0 radical (unpaired) electrons. The van der Waals surface area contributed by atoms with Crippen LogP contribution in [-0.2, 0) is 0 Å². The van der Waals surface area contributed by atoms with Gasteiger partial charge < -0.3 is 21.5 Å². The van der Waals surface area contributed by atoms with Crippen LogP contribution in [0, 0.1) is 0 Å². The molecular weight excluding hydrogens is 250 g/mol. The lowest BCUT2D eigenvalue weighted by Crippen LogP contribution is -2.33. The number of nitrogens with zero attached hydrogens (tertiary/aromatic N) is 2. The Kier molecular flexibility index (Phi) is 3.51. The van der Waals surface area contributed by atoms with Crippen molar-refractivity contribution in [1.82, 2.24) is 14.7 Å². The van der Waals surface area contributed by atoms with Crippen LogP contribution in [-0.4, -0.2) is 39.6 Å². The van der Waals surface area contributed by atoms with Gasteiger partial charge in [-0.2, -0.15) is 0 Å². The van der Waals surface area contributed by atoms with E-state index in [1.807, 2.05) is 0 Å². The van der Waals surface area contributed by atoms with Crippen LogP contribution >= 0.6 is 0 Å². The normalized spacial score (nSPS) is 10.3. The molecule has 100 valence electrons. The van der Waals surface area contributed by atoms with Crippen LogP contribution in [0.1, 0.15) is 10.5 Å². The number of carboxylic acids is 1. The SMILES string of the molecule is NC(=O)NCCNc1nc2ccccn2c1C(=O)O. The molecular formula is C11H13N5O3. The number of primary amides is 1. The molecule has 0 aliphatic heterocycles. The number of pyridine rings is 1. The average molecular weight is 263 g/mol. The molecule has 0 bridgehead atoms. The van der Waals surface area contributed by atoms with E-state index in [2.05, 4.69) is 15.6 Å². The summed E-state index contributed by atoms with van der Waals surface area (Å²) in [6, 6.07) is 4.57. The first-order chi connectivity index (χ1) is 9.09. The fourth-order valence-corrected chi connectivity index (χ4v) is 1.69. The minimum absolute atomic E-state index is 0.0506. The minimum Gasteiger partial charge on any atom is -0.476 e. The van der Waals surface area contributed by atoms with E-state index in [1.54, 1.807) is 24.4 Å². The van der Waals surface area contributed by atoms with Gasteiger partial charge in [0, 0.05) is 19.3 Å². The fraction of sp³-hybridized carbons (Fsp3) is 0.182. The molecule has 0 fully saturated rings. The van der Waals surface area contributed by atoms with Crippen molar-refractivity contribution < 1.29 is 14.7 Å². The van der Waals surface area contributed by atoms with E-state index in [4.69, 9.17) is 5.73 Å². The molecule has 0 saturated carbocycles. The fourth-order valence-electron chi connectivity index (χ4n) is 1.69. The molecule has 2 rings (SSSR count). The topological polar surface area (TPSA) is 122 Å². The number of anilines is 1. The summed E-state index contributed by atoms with van der Waals surface area (Å²) in [6.07, 6.45) is 1.62. The molecule has 2 aromatic heterocycles. The Bertz CT molecular complexity index is 622. The lowest BCUT2D eigenvalue weighted by Gasteiger charge is -2.04. The first-order valence-corrected chi connectivity index (χ1v) is 5.57. The Hall–Kier alpha value is -2.77. The second kappa shape index (κ2) is 5.25. The lowest BCUT2D eigenvalue weighted by molar-refractivity contribution is 0.0690. The van der Waals surface area contributed by atoms with E-state index >= 15 is 0 Å². The number of aromatic nitrogens is 2. The summed E-state index contributed by atoms with van der Waals surface area (Å²) < 4.78 is 1.48. The number of hydrogen-bond donors (Lipinski definition) is 4. The predicted molar refractivity (Wildman–Crippen MR) is 68.2 cm³/mol. The van der Waals surface area contributed by atoms with Gasteiger partial charge >= 0.3 is 12.0 Å². The van der Waals surface area contributed by atoms with Gasteiger partial charge in [0.25, 0.3) is 0 Å². The lowest BCUT2D eigenvalue weighted by atomic mass is 10.4. The summed E-state index contributed by atoms with van der Waals surface area (Å²) in [6.45, 7) is 0.607. The molecule has 19 heavy (non-hydrogen) atoms. The van der Waals surface area contributed by atoms with Gasteiger partial charge in [0.05, 0.1) is 0 Å². The molecule has 0 atom stereocenters. The quantitative estimate of drug-likeness (QED) is 0.570. The zero-order valence-electron chi connectivity index (χ0n) is 9.96. The third kappa shape index (κ3) is 2.73. The van der Waals surface area contributed by atoms with Crippen LogP contribution in [0.2, 0.25) is 0 Å². The van der Waals surface area contributed by atoms with Crippen LogP contribution in [0.15, 0.2) is 24.4 Å². The van der Waals surface area contributed by atoms with Gasteiger partial charge in [-0.05, 0) is 12.1 Å². The highest BCUT2D eigenvalue weighted by Crippen LogP contribution is 2.17. The van der Waals surface area contributed by atoms with E-state index < -0.39 is 12.0 Å². The summed E-state index contributed by atoms with van der Waals surface area (Å²) in [5, 5.41) is 14.5. The van der Waals surface area contributed by atoms with Crippen LogP contribution in [0.25, 0.3) is 5.65 Å². The average Bonchev–Trinajstić information content (AvgIpc) is 2.72. The maximum atomic E-state index is 11.2. The van der Waals surface area contributed by atoms with Gasteiger partial charge in [-0.15, -0.1) is 0 Å². The number of rotatable bonds is 5. The Morgan fingerprint density at radius 2 is 2.16 bits per heavy atom. The number of nitrogens with one attached hydrogen (secondary N) is 2. The highest BCUT2D eigenvalue weighted by atomic mass is 16.4. The number of aromatic carboxylic acids is 1. The smallest absolute Gasteiger partial charge is 0.356 e. The van der Waals surface area contributed by atoms with Gasteiger partial charge in [-0.25, -0.2) is 14.6 Å². The molecule has 8 nitrogen and oxygen atoms in total. The van der Waals surface area contributed by atoms with E-state index in [0.29, 0.717) is 12.2 Å². The summed E-state index contributed by atoms with van der Waals surface area (Å²) in [7, 11) is 0. The number of fused-ring (bicyclic) bond motifs is 1. The van der Waals surface area contributed by atoms with Gasteiger partial charge in [0.2, 0.25) is 0 Å². The molecule has 0 aliphatic rings. The zero-order valence-corrected chi connectivity index (χ0v) is 9.96. The van der Waals surface area contributed by atoms with Gasteiger partial charge in [-0.3, -0.25) is 4.40 Å². The Morgan fingerprint density at radius 3 is 2.84 bits per heavy atom. The maximum absolute atomic E-state index is 11.2. The number of amides is 2. The molecule has 0 unspecified atom stereocenters. The van der Waals surface area contributed by atoms with Crippen LogP contribution in [0.4, 0.5) is 10.6 Å². The Morgan fingerprint density at radius 1 is 1.37 bits per heavy atom. The van der Waals surface area contributed by atoms with Crippen molar-refractivity contribution in [1.29, 1.82) is 0 Å². The standard InChI is InChI=1S/C11H13N5O3/c12-11(19)14-5-4-13-9-8(10(17)18)16-6-2-1-3-7(16)15-9/h1-3,6,13H,4-5H2,(H,17,18)(H3,12,14,19). The molecule has 2 heterocycles. The van der Waals surface area contributed by atoms with Crippen molar-refractivity contribution >= 4 is 23.5 Å². The second-order valence-electron chi connectivity index (χ2n) is 3.76. The zero-order chi connectivity index (χ0) is 13.8. The van der Waals surface area contributed by atoms with Gasteiger partial charge in [0.15, 0.2) is 11.5 Å². The van der Waals surface area contributed by atoms with Crippen LogP contribution < -0.4 is 16.4 Å². The first-order valence-electron chi connectivity index (χ1n) is 5.57. The van der Waals surface area contributed by atoms with E-state index in [1.165, 1.54) is 4.40 Å². The van der Waals surface area contributed by atoms with Crippen molar-refractivity contribution in [2.45, 2.75) is 0 Å². The maximum Gasteiger partial charge on any atom is 0.356 e. The number of carbonyl (C=O) groups is 2. The summed E-state index contributed by atoms with van der Waals surface area (Å²) >= 11 is 0. The van der Waals surface area contributed by atoms with Crippen LogP contribution in [0.5, 0.6) is 0 Å². The number of urea groups is 1. The highest BCUT2D eigenvalue weighted by molar-refractivity contribution is 5.92. The Labute approximate surface area is 108 Å². The minimum atomic E-state index is -1.08. The third-order valence-corrected chi connectivity index (χ3v) is 2.45. The number of hydrogen-bond acceptors (Lipinski definition) is 4. The van der Waals surface area contributed by atoms with E-state index in [-0.39, 0.29) is 18.1 Å². The molecule has 0 aromatic carbocycles. The largest absolute Gasteiger partial charge is 0.476 e. The molecule has 0 saturated heterocycles. The number of carbonyl (C=O) groups excluding carboxylic acids is 1. The summed E-state index contributed by atoms with van der Waals surface area (Å²) in [5.41, 5.74) is 5.50. The molecule has 2 aromatic rings. The summed E-state index contributed by atoms with van der Waals surface area (Å²) in [5.74, 6) is -0.825.